The Morgan fingerprint density at radius 2 is 1.55 bits per heavy atom. The van der Waals surface area contributed by atoms with Gasteiger partial charge in [-0.05, 0) is 81.3 Å². The van der Waals surface area contributed by atoms with Crippen LogP contribution in [-0.4, -0.2) is 32.9 Å². The molecule has 0 atom stereocenters. The van der Waals surface area contributed by atoms with E-state index in [4.69, 9.17) is 9.47 Å². The summed E-state index contributed by atoms with van der Waals surface area (Å²) in [6, 6.07) is 13.6. The SMILES string of the molecule is COc1cc2[nH]c3ccc(O)c(-c4c(O)c(C)cc5c4[nH]c4ccc6c(c45)C=CC(C)(C)O6)c3c2cc1C. The first-order chi connectivity index (χ1) is 18.2. The van der Waals surface area contributed by atoms with Gasteiger partial charge in [0.15, 0.2) is 0 Å². The Bertz CT molecular complexity index is 2010. The average molecular weight is 505 g/mol. The van der Waals surface area contributed by atoms with Crippen molar-refractivity contribution in [1.29, 1.82) is 0 Å². The number of rotatable bonds is 2. The van der Waals surface area contributed by atoms with E-state index in [9.17, 15) is 10.2 Å². The molecule has 0 fully saturated rings. The van der Waals surface area contributed by atoms with Crippen molar-refractivity contribution in [2.24, 2.45) is 0 Å². The van der Waals surface area contributed by atoms with Crippen molar-refractivity contribution in [3.05, 3.63) is 65.2 Å². The zero-order valence-corrected chi connectivity index (χ0v) is 21.9. The lowest BCUT2D eigenvalue weighted by molar-refractivity contribution is 0.159. The van der Waals surface area contributed by atoms with Crippen LogP contribution in [0, 0.1) is 13.8 Å². The quantitative estimate of drug-likeness (QED) is 0.193. The van der Waals surface area contributed by atoms with E-state index in [-0.39, 0.29) is 17.1 Å². The maximum absolute atomic E-state index is 11.5. The fraction of sp³-hybridized carbons (Fsp3) is 0.188. The normalized spacial score (nSPS) is 14.4. The lowest BCUT2D eigenvalue weighted by atomic mass is 9.92. The molecule has 6 heteroatoms. The summed E-state index contributed by atoms with van der Waals surface area (Å²) in [6.07, 6.45) is 4.18. The highest BCUT2D eigenvalue weighted by Gasteiger charge is 2.27. The minimum atomic E-state index is -0.385. The number of ether oxygens (including phenoxy) is 2. The molecule has 0 amide bonds. The predicted octanol–water partition coefficient (Wildman–Crippen LogP) is 7.84. The van der Waals surface area contributed by atoms with Gasteiger partial charge in [-0.15, -0.1) is 0 Å². The van der Waals surface area contributed by atoms with Crippen molar-refractivity contribution in [2.45, 2.75) is 33.3 Å². The molecule has 7 rings (SSSR count). The maximum Gasteiger partial charge on any atom is 0.128 e. The van der Waals surface area contributed by atoms with E-state index < -0.39 is 0 Å². The van der Waals surface area contributed by atoms with Crippen LogP contribution >= 0.6 is 0 Å². The largest absolute Gasteiger partial charge is 0.507 e. The second-order valence-electron chi connectivity index (χ2n) is 10.8. The number of methoxy groups -OCH3 is 1. The van der Waals surface area contributed by atoms with Gasteiger partial charge in [-0.3, -0.25) is 0 Å². The number of hydrogen-bond donors (Lipinski definition) is 4. The first-order valence-corrected chi connectivity index (χ1v) is 12.7. The third kappa shape index (κ3) is 3.00. The fourth-order valence-electron chi connectivity index (χ4n) is 5.95. The Morgan fingerprint density at radius 1 is 0.816 bits per heavy atom. The number of aromatic nitrogens is 2. The van der Waals surface area contributed by atoms with Gasteiger partial charge in [-0.25, -0.2) is 0 Å². The van der Waals surface area contributed by atoms with Crippen molar-refractivity contribution in [1.82, 2.24) is 9.97 Å². The molecular formula is C32H28N2O4. The molecule has 0 bridgehead atoms. The summed E-state index contributed by atoms with van der Waals surface area (Å²) in [6.45, 7) is 7.96. The van der Waals surface area contributed by atoms with Crippen LogP contribution in [0.4, 0.5) is 0 Å². The zero-order valence-electron chi connectivity index (χ0n) is 21.9. The minimum absolute atomic E-state index is 0.0970. The Balaban J connectivity index is 1.63. The van der Waals surface area contributed by atoms with Gasteiger partial charge in [-0.1, -0.05) is 6.08 Å². The van der Waals surface area contributed by atoms with E-state index >= 15 is 0 Å². The van der Waals surface area contributed by atoms with Crippen LogP contribution in [0.3, 0.4) is 0 Å². The molecule has 1 aliphatic rings. The molecule has 0 radical (unpaired) electrons. The number of aryl methyl sites for hydroxylation is 2. The molecule has 0 unspecified atom stereocenters. The third-order valence-corrected chi connectivity index (χ3v) is 7.76. The van der Waals surface area contributed by atoms with E-state index in [0.717, 1.165) is 71.8 Å². The third-order valence-electron chi connectivity index (χ3n) is 7.76. The Kier molecular flexibility index (Phi) is 4.45. The van der Waals surface area contributed by atoms with Gasteiger partial charge in [0, 0.05) is 49.8 Å². The van der Waals surface area contributed by atoms with Gasteiger partial charge in [-0.2, -0.15) is 0 Å². The number of hydrogen-bond acceptors (Lipinski definition) is 4. The van der Waals surface area contributed by atoms with Crippen molar-refractivity contribution >= 4 is 49.7 Å². The molecule has 4 aromatic carbocycles. The maximum atomic E-state index is 11.5. The number of nitrogens with one attached hydrogen (secondary N) is 2. The summed E-state index contributed by atoms with van der Waals surface area (Å²) in [4.78, 5) is 7.02. The van der Waals surface area contributed by atoms with Crippen LogP contribution < -0.4 is 9.47 Å². The smallest absolute Gasteiger partial charge is 0.128 e. The van der Waals surface area contributed by atoms with Gasteiger partial charge in [0.05, 0.1) is 23.7 Å². The zero-order chi connectivity index (χ0) is 26.5. The molecule has 3 heterocycles. The molecule has 0 saturated heterocycles. The van der Waals surface area contributed by atoms with Crippen LogP contribution in [-0.2, 0) is 0 Å². The van der Waals surface area contributed by atoms with Crippen LogP contribution in [0.15, 0.2) is 48.5 Å². The monoisotopic (exact) mass is 504 g/mol. The molecule has 190 valence electrons. The highest BCUT2D eigenvalue weighted by atomic mass is 16.5. The van der Waals surface area contributed by atoms with E-state index in [0.29, 0.717) is 11.1 Å². The summed E-state index contributed by atoms with van der Waals surface area (Å²) >= 11 is 0. The van der Waals surface area contributed by atoms with Crippen molar-refractivity contribution < 1.29 is 19.7 Å². The van der Waals surface area contributed by atoms with Gasteiger partial charge in [0.25, 0.3) is 0 Å². The number of fused-ring (bicyclic) bond motifs is 8. The van der Waals surface area contributed by atoms with E-state index in [1.807, 2.05) is 58.0 Å². The number of phenols is 2. The molecule has 6 aromatic rings. The second kappa shape index (κ2) is 7.48. The first-order valence-electron chi connectivity index (χ1n) is 12.7. The van der Waals surface area contributed by atoms with Crippen molar-refractivity contribution in [2.75, 3.05) is 7.11 Å². The van der Waals surface area contributed by atoms with Gasteiger partial charge in [0.1, 0.15) is 28.6 Å². The summed E-state index contributed by atoms with van der Waals surface area (Å²) < 4.78 is 11.8. The predicted molar refractivity (Wildman–Crippen MR) is 154 cm³/mol. The molecule has 2 aromatic heterocycles. The van der Waals surface area contributed by atoms with Crippen LogP contribution in [0.25, 0.3) is 60.8 Å². The standard InChI is InChI=1S/C32H28N2O4/c1-15-12-18-22(14-25(15)37-5)33-21-6-8-23(35)28(27(18)21)29-30-19(13-16(2)31(29)36)26-17-10-11-32(3,4)38-24(17)9-7-20(26)34-30/h6-14,33-36H,1-5H3. The molecule has 0 spiro atoms. The van der Waals surface area contributed by atoms with Crippen LogP contribution in [0.5, 0.6) is 23.0 Å². The number of aromatic hydroxyl groups is 2. The topological polar surface area (TPSA) is 90.5 Å². The molecule has 1 aliphatic heterocycles. The molecule has 38 heavy (non-hydrogen) atoms. The van der Waals surface area contributed by atoms with Crippen LogP contribution in [0.2, 0.25) is 0 Å². The Morgan fingerprint density at radius 3 is 2.34 bits per heavy atom. The second-order valence-corrected chi connectivity index (χ2v) is 10.8. The Hall–Kier alpha value is -4.58. The lowest BCUT2D eigenvalue weighted by Gasteiger charge is -2.28. The number of benzene rings is 4. The molecule has 4 N–H and O–H groups in total. The lowest BCUT2D eigenvalue weighted by Crippen LogP contribution is -2.27. The average Bonchev–Trinajstić information content (AvgIpc) is 3.42. The van der Waals surface area contributed by atoms with E-state index in [1.165, 1.54) is 0 Å². The first kappa shape index (κ1) is 22.6. The molecule has 6 nitrogen and oxygen atoms in total. The summed E-state index contributed by atoms with van der Waals surface area (Å²) in [5, 5.41) is 26.6. The fourth-order valence-corrected chi connectivity index (χ4v) is 5.95. The van der Waals surface area contributed by atoms with Gasteiger partial charge in [0.2, 0.25) is 0 Å². The summed E-state index contributed by atoms with van der Waals surface area (Å²) in [7, 11) is 1.66. The number of aromatic amines is 2. The van der Waals surface area contributed by atoms with E-state index in [2.05, 4.69) is 28.2 Å². The highest BCUT2D eigenvalue weighted by molar-refractivity contribution is 6.22. The number of phenolic OH excluding ortho intramolecular Hbond substituents is 2. The van der Waals surface area contributed by atoms with Crippen molar-refractivity contribution in [3.8, 4) is 34.1 Å². The number of H-pyrrole nitrogens is 2. The molecule has 0 aliphatic carbocycles. The molecule has 0 saturated carbocycles. The Labute approximate surface area is 219 Å². The summed E-state index contributed by atoms with van der Waals surface area (Å²) in [5.41, 5.74) is 6.93. The van der Waals surface area contributed by atoms with Crippen LogP contribution in [0.1, 0.15) is 30.5 Å². The summed E-state index contributed by atoms with van der Waals surface area (Å²) in [5.74, 6) is 1.84. The van der Waals surface area contributed by atoms with Gasteiger partial charge >= 0.3 is 0 Å². The minimum Gasteiger partial charge on any atom is -0.507 e. The van der Waals surface area contributed by atoms with Crippen molar-refractivity contribution in [3.63, 3.8) is 0 Å². The highest BCUT2D eigenvalue weighted by Crippen LogP contribution is 2.50. The van der Waals surface area contributed by atoms with Gasteiger partial charge < -0.3 is 29.7 Å². The molecular weight excluding hydrogens is 476 g/mol. The van der Waals surface area contributed by atoms with E-state index in [1.54, 1.807) is 13.2 Å².